The lowest BCUT2D eigenvalue weighted by atomic mass is 10.1. The molecule has 82 valence electrons. The molecule has 0 saturated heterocycles. The molecule has 1 aromatic carbocycles. The number of nitrogens with zero attached hydrogens (tertiary/aromatic N) is 2. The Hall–Kier alpha value is -0.810. The van der Waals surface area contributed by atoms with Gasteiger partial charge in [-0.05, 0) is 62.5 Å². The van der Waals surface area contributed by atoms with Gasteiger partial charge in [-0.25, -0.2) is 14.4 Å². The fourth-order valence-corrected chi connectivity index (χ4v) is 2.47. The standard InChI is InChI=1S/C11H7Br2FN2/c1-6-4-7(14)2-3-8(6)11-15-9(12)5-10(13)16-11/h2-5H,1H3. The third-order valence-corrected chi connectivity index (χ3v) is 2.91. The van der Waals surface area contributed by atoms with E-state index >= 15 is 0 Å². The van der Waals surface area contributed by atoms with Gasteiger partial charge in [0, 0.05) is 11.6 Å². The van der Waals surface area contributed by atoms with Crippen molar-refractivity contribution in [1.29, 1.82) is 0 Å². The monoisotopic (exact) mass is 344 g/mol. The number of aryl methyl sites for hydroxylation is 1. The molecule has 0 atom stereocenters. The highest BCUT2D eigenvalue weighted by Crippen LogP contribution is 2.24. The van der Waals surface area contributed by atoms with Crippen LogP contribution in [0.1, 0.15) is 5.56 Å². The van der Waals surface area contributed by atoms with Gasteiger partial charge in [0.25, 0.3) is 0 Å². The van der Waals surface area contributed by atoms with Crippen LogP contribution in [-0.2, 0) is 0 Å². The summed E-state index contributed by atoms with van der Waals surface area (Å²) in [6.07, 6.45) is 0. The van der Waals surface area contributed by atoms with Gasteiger partial charge in [0.1, 0.15) is 15.0 Å². The largest absolute Gasteiger partial charge is 0.221 e. The first kappa shape index (κ1) is 11.7. The maximum Gasteiger partial charge on any atom is 0.161 e. The highest BCUT2D eigenvalue weighted by molar-refractivity contribution is 9.11. The lowest BCUT2D eigenvalue weighted by molar-refractivity contribution is 0.627. The number of hydrogen-bond acceptors (Lipinski definition) is 2. The van der Waals surface area contributed by atoms with Gasteiger partial charge in [0.05, 0.1) is 0 Å². The summed E-state index contributed by atoms with van der Waals surface area (Å²) in [5.41, 5.74) is 1.63. The van der Waals surface area contributed by atoms with Crippen LogP contribution in [0.4, 0.5) is 4.39 Å². The van der Waals surface area contributed by atoms with Gasteiger partial charge < -0.3 is 0 Å². The van der Waals surface area contributed by atoms with Gasteiger partial charge in [0.2, 0.25) is 0 Å². The third kappa shape index (κ3) is 2.47. The average Bonchev–Trinajstić information content (AvgIpc) is 2.15. The lowest BCUT2D eigenvalue weighted by Crippen LogP contribution is -1.93. The Balaban J connectivity index is 2.58. The molecule has 0 radical (unpaired) electrons. The molecule has 0 fully saturated rings. The fourth-order valence-electron chi connectivity index (χ4n) is 1.39. The van der Waals surface area contributed by atoms with E-state index in [0.717, 1.165) is 11.1 Å². The number of aromatic nitrogens is 2. The molecule has 5 heteroatoms. The van der Waals surface area contributed by atoms with Crippen LogP contribution in [0.25, 0.3) is 11.4 Å². The Labute approximate surface area is 109 Å². The van der Waals surface area contributed by atoms with E-state index in [4.69, 9.17) is 0 Å². The van der Waals surface area contributed by atoms with Gasteiger partial charge in [-0.15, -0.1) is 0 Å². The fraction of sp³-hybridized carbons (Fsp3) is 0.0909. The third-order valence-electron chi connectivity index (χ3n) is 2.09. The molecule has 0 unspecified atom stereocenters. The molecule has 16 heavy (non-hydrogen) atoms. The van der Waals surface area contributed by atoms with E-state index in [9.17, 15) is 4.39 Å². The molecule has 0 aliphatic rings. The summed E-state index contributed by atoms with van der Waals surface area (Å²) >= 11 is 6.59. The summed E-state index contributed by atoms with van der Waals surface area (Å²) in [6.45, 7) is 1.83. The highest BCUT2D eigenvalue weighted by atomic mass is 79.9. The van der Waals surface area contributed by atoms with Gasteiger partial charge in [-0.3, -0.25) is 0 Å². The Kier molecular flexibility index (Phi) is 3.35. The molecular weight excluding hydrogens is 339 g/mol. The van der Waals surface area contributed by atoms with Crippen LogP contribution in [-0.4, -0.2) is 9.97 Å². The molecule has 2 rings (SSSR count). The number of hydrogen-bond donors (Lipinski definition) is 0. The molecule has 0 saturated carbocycles. The molecule has 0 aliphatic carbocycles. The summed E-state index contributed by atoms with van der Waals surface area (Å²) < 4.78 is 14.3. The minimum Gasteiger partial charge on any atom is -0.221 e. The van der Waals surface area contributed by atoms with E-state index in [-0.39, 0.29) is 5.82 Å². The van der Waals surface area contributed by atoms with Gasteiger partial charge >= 0.3 is 0 Å². The molecule has 2 aromatic rings. The minimum atomic E-state index is -0.254. The number of halogens is 3. The number of benzene rings is 1. The van der Waals surface area contributed by atoms with Crippen LogP contribution in [0, 0.1) is 12.7 Å². The van der Waals surface area contributed by atoms with Crippen LogP contribution >= 0.6 is 31.9 Å². The van der Waals surface area contributed by atoms with Crippen molar-refractivity contribution >= 4 is 31.9 Å². The topological polar surface area (TPSA) is 25.8 Å². The second kappa shape index (κ2) is 4.59. The summed E-state index contributed by atoms with van der Waals surface area (Å²) in [5, 5.41) is 0. The first-order valence-electron chi connectivity index (χ1n) is 4.53. The summed E-state index contributed by atoms with van der Waals surface area (Å²) in [5.74, 6) is 0.314. The van der Waals surface area contributed by atoms with E-state index in [1.807, 2.05) is 6.92 Å². The molecule has 2 nitrogen and oxygen atoms in total. The average molecular weight is 346 g/mol. The van der Waals surface area contributed by atoms with E-state index in [1.165, 1.54) is 12.1 Å². The molecular formula is C11H7Br2FN2. The zero-order valence-corrected chi connectivity index (χ0v) is 11.5. The summed E-state index contributed by atoms with van der Waals surface area (Å²) in [6, 6.07) is 6.30. The molecule has 0 amide bonds. The van der Waals surface area contributed by atoms with Crippen molar-refractivity contribution in [3.05, 3.63) is 44.9 Å². The Morgan fingerprint density at radius 2 is 1.69 bits per heavy atom. The Bertz CT molecular complexity index is 523. The quantitative estimate of drug-likeness (QED) is 0.727. The van der Waals surface area contributed by atoms with Crippen molar-refractivity contribution in [2.24, 2.45) is 0 Å². The van der Waals surface area contributed by atoms with Gasteiger partial charge in [-0.2, -0.15) is 0 Å². The smallest absolute Gasteiger partial charge is 0.161 e. The van der Waals surface area contributed by atoms with Crippen LogP contribution in [0.2, 0.25) is 0 Å². The highest BCUT2D eigenvalue weighted by Gasteiger charge is 2.07. The summed E-state index contributed by atoms with van der Waals surface area (Å²) in [4.78, 5) is 8.50. The predicted octanol–water partition coefficient (Wildman–Crippen LogP) is 4.12. The Morgan fingerprint density at radius 1 is 1.06 bits per heavy atom. The van der Waals surface area contributed by atoms with Gasteiger partial charge in [0.15, 0.2) is 5.82 Å². The molecule has 1 aromatic heterocycles. The van der Waals surface area contributed by atoms with Crippen LogP contribution < -0.4 is 0 Å². The Morgan fingerprint density at radius 3 is 2.25 bits per heavy atom. The van der Waals surface area contributed by atoms with E-state index < -0.39 is 0 Å². The maximum absolute atomic E-state index is 13.0. The van der Waals surface area contributed by atoms with Crippen LogP contribution in [0.15, 0.2) is 33.5 Å². The van der Waals surface area contributed by atoms with Crippen molar-refractivity contribution in [1.82, 2.24) is 9.97 Å². The van der Waals surface area contributed by atoms with Crippen molar-refractivity contribution < 1.29 is 4.39 Å². The van der Waals surface area contributed by atoms with E-state index in [1.54, 1.807) is 12.1 Å². The van der Waals surface area contributed by atoms with E-state index in [2.05, 4.69) is 41.8 Å². The molecule has 0 aliphatic heterocycles. The van der Waals surface area contributed by atoms with Crippen molar-refractivity contribution in [3.8, 4) is 11.4 Å². The van der Waals surface area contributed by atoms with E-state index in [0.29, 0.717) is 15.0 Å². The van der Waals surface area contributed by atoms with Crippen molar-refractivity contribution in [2.45, 2.75) is 6.92 Å². The normalized spacial score (nSPS) is 10.5. The molecule has 0 spiro atoms. The van der Waals surface area contributed by atoms with Crippen molar-refractivity contribution in [3.63, 3.8) is 0 Å². The molecule has 0 N–H and O–H groups in total. The molecule has 1 heterocycles. The number of rotatable bonds is 1. The maximum atomic E-state index is 13.0. The zero-order chi connectivity index (χ0) is 11.7. The predicted molar refractivity (Wildman–Crippen MR) is 67.6 cm³/mol. The first-order valence-corrected chi connectivity index (χ1v) is 6.11. The van der Waals surface area contributed by atoms with Crippen LogP contribution in [0.3, 0.4) is 0 Å². The zero-order valence-electron chi connectivity index (χ0n) is 8.34. The molecule has 0 bridgehead atoms. The van der Waals surface area contributed by atoms with Crippen LogP contribution in [0.5, 0.6) is 0 Å². The summed E-state index contributed by atoms with van der Waals surface area (Å²) in [7, 11) is 0. The lowest BCUT2D eigenvalue weighted by Gasteiger charge is -2.05. The minimum absolute atomic E-state index is 0.254. The first-order chi connectivity index (χ1) is 7.56. The second-order valence-electron chi connectivity index (χ2n) is 3.30. The SMILES string of the molecule is Cc1cc(F)ccc1-c1nc(Br)cc(Br)n1. The van der Waals surface area contributed by atoms with Gasteiger partial charge in [-0.1, -0.05) is 0 Å². The second-order valence-corrected chi connectivity index (χ2v) is 4.92. The van der Waals surface area contributed by atoms with Crippen molar-refractivity contribution in [2.75, 3.05) is 0 Å².